The van der Waals surface area contributed by atoms with Gasteiger partial charge in [0.2, 0.25) is 0 Å². The van der Waals surface area contributed by atoms with Crippen molar-refractivity contribution in [2.75, 3.05) is 0 Å². The van der Waals surface area contributed by atoms with Crippen LogP contribution in [0.5, 0.6) is 0 Å². The molecule has 0 aromatic heterocycles. The van der Waals surface area contributed by atoms with E-state index in [-0.39, 0.29) is 16.5 Å². The lowest BCUT2D eigenvalue weighted by molar-refractivity contribution is 0.128. The molecule has 20 heavy (non-hydrogen) atoms. The fraction of sp³-hybridized carbons (Fsp3) is 0.647. The molecule has 0 nitrogen and oxygen atoms in total. The van der Waals surface area contributed by atoms with Gasteiger partial charge < -0.3 is 0 Å². The van der Waals surface area contributed by atoms with Gasteiger partial charge in [0.1, 0.15) is 11.6 Å². The SMILES string of the molecule is Fc1ccc(F)c(C(Br)C2CCC3CCCCC3C2)c1. The van der Waals surface area contributed by atoms with E-state index in [1.54, 1.807) is 0 Å². The van der Waals surface area contributed by atoms with Crippen molar-refractivity contribution in [3.63, 3.8) is 0 Å². The lowest BCUT2D eigenvalue weighted by atomic mass is 9.66. The Labute approximate surface area is 128 Å². The van der Waals surface area contributed by atoms with Crippen molar-refractivity contribution in [3.8, 4) is 0 Å². The molecular weight excluding hydrogens is 322 g/mol. The van der Waals surface area contributed by atoms with Crippen LogP contribution in [0, 0.1) is 29.4 Å². The van der Waals surface area contributed by atoms with Gasteiger partial charge >= 0.3 is 0 Å². The summed E-state index contributed by atoms with van der Waals surface area (Å²) >= 11 is 3.64. The number of rotatable bonds is 2. The van der Waals surface area contributed by atoms with Crippen LogP contribution < -0.4 is 0 Å². The van der Waals surface area contributed by atoms with Gasteiger partial charge in [0.15, 0.2) is 0 Å². The largest absolute Gasteiger partial charge is 0.207 e. The number of fused-ring (bicyclic) bond motifs is 1. The molecule has 2 aliphatic rings. The fourth-order valence-corrected chi connectivity index (χ4v) is 4.99. The topological polar surface area (TPSA) is 0 Å². The monoisotopic (exact) mass is 342 g/mol. The Bertz CT molecular complexity index is 474. The van der Waals surface area contributed by atoms with E-state index >= 15 is 0 Å². The molecule has 4 atom stereocenters. The summed E-state index contributed by atoms with van der Waals surface area (Å²) < 4.78 is 27.3. The minimum Gasteiger partial charge on any atom is -0.207 e. The molecule has 2 saturated carbocycles. The van der Waals surface area contributed by atoms with Crippen molar-refractivity contribution in [1.29, 1.82) is 0 Å². The summed E-state index contributed by atoms with van der Waals surface area (Å²) in [6.07, 6.45) is 8.97. The first-order valence-corrected chi connectivity index (χ1v) is 8.65. The number of halogens is 3. The summed E-state index contributed by atoms with van der Waals surface area (Å²) in [5.41, 5.74) is 0.490. The van der Waals surface area contributed by atoms with Gasteiger partial charge in [-0.1, -0.05) is 41.6 Å². The highest BCUT2D eigenvalue weighted by atomic mass is 79.9. The molecule has 0 heterocycles. The third-order valence-corrected chi connectivity index (χ3v) is 6.49. The second-order valence-corrected chi connectivity index (χ2v) is 7.43. The maximum Gasteiger partial charge on any atom is 0.127 e. The van der Waals surface area contributed by atoms with Gasteiger partial charge in [-0.05, 0) is 55.2 Å². The lowest BCUT2D eigenvalue weighted by Crippen LogP contribution is -2.29. The van der Waals surface area contributed by atoms with Crippen LogP contribution >= 0.6 is 15.9 Å². The number of hydrogen-bond acceptors (Lipinski definition) is 0. The van der Waals surface area contributed by atoms with Gasteiger partial charge in [0, 0.05) is 10.4 Å². The molecule has 2 aliphatic carbocycles. The van der Waals surface area contributed by atoms with Crippen LogP contribution in [0.15, 0.2) is 18.2 Å². The minimum absolute atomic E-state index is 0.0546. The zero-order chi connectivity index (χ0) is 14.1. The van der Waals surface area contributed by atoms with Crippen LogP contribution in [0.1, 0.15) is 55.3 Å². The number of benzene rings is 1. The van der Waals surface area contributed by atoms with Gasteiger partial charge in [-0.15, -0.1) is 0 Å². The predicted octanol–water partition coefficient (Wildman–Crippen LogP) is 6.01. The van der Waals surface area contributed by atoms with Crippen molar-refractivity contribution < 1.29 is 8.78 Å². The number of hydrogen-bond donors (Lipinski definition) is 0. The van der Waals surface area contributed by atoms with Crippen molar-refractivity contribution in [3.05, 3.63) is 35.4 Å². The molecule has 0 N–H and O–H groups in total. The van der Waals surface area contributed by atoms with Crippen LogP contribution in [0.4, 0.5) is 8.78 Å². The zero-order valence-electron chi connectivity index (χ0n) is 11.6. The smallest absolute Gasteiger partial charge is 0.127 e. The Morgan fingerprint density at radius 3 is 2.55 bits per heavy atom. The Kier molecular flexibility index (Phi) is 4.44. The lowest BCUT2D eigenvalue weighted by Gasteiger charge is -2.41. The molecule has 3 rings (SSSR count). The molecule has 3 heteroatoms. The molecule has 0 saturated heterocycles. The summed E-state index contributed by atoms with van der Waals surface area (Å²) in [7, 11) is 0. The van der Waals surface area contributed by atoms with E-state index in [4.69, 9.17) is 0 Å². The van der Waals surface area contributed by atoms with Crippen LogP contribution in [-0.4, -0.2) is 0 Å². The molecule has 1 aromatic carbocycles. The predicted molar refractivity (Wildman–Crippen MR) is 80.8 cm³/mol. The van der Waals surface area contributed by atoms with E-state index in [0.717, 1.165) is 24.7 Å². The normalized spacial score (nSPS) is 31.6. The first kappa shape index (κ1) is 14.5. The third-order valence-electron chi connectivity index (χ3n) is 5.25. The second-order valence-electron chi connectivity index (χ2n) is 6.45. The van der Waals surface area contributed by atoms with Gasteiger partial charge in [0.05, 0.1) is 0 Å². The molecule has 1 aromatic rings. The highest BCUT2D eigenvalue weighted by Crippen LogP contribution is 2.48. The zero-order valence-corrected chi connectivity index (χ0v) is 13.2. The van der Waals surface area contributed by atoms with E-state index in [2.05, 4.69) is 15.9 Å². The maximum absolute atomic E-state index is 13.9. The van der Waals surface area contributed by atoms with E-state index in [1.807, 2.05) is 0 Å². The van der Waals surface area contributed by atoms with Crippen molar-refractivity contribution in [2.24, 2.45) is 17.8 Å². The van der Waals surface area contributed by atoms with Crippen LogP contribution in [0.2, 0.25) is 0 Å². The first-order chi connectivity index (χ1) is 9.65. The minimum atomic E-state index is -0.350. The molecule has 0 spiro atoms. The summed E-state index contributed by atoms with van der Waals surface area (Å²) in [6, 6.07) is 3.78. The summed E-state index contributed by atoms with van der Waals surface area (Å²) in [5.74, 6) is 1.48. The van der Waals surface area contributed by atoms with Gasteiger partial charge in [-0.3, -0.25) is 0 Å². The van der Waals surface area contributed by atoms with E-state index in [0.29, 0.717) is 11.5 Å². The average molecular weight is 343 g/mol. The Hall–Kier alpha value is -0.440. The second kappa shape index (κ2) is 6.13. The summed E-state index contributed by atoms with van der Waals surface area (Å²) in [6.45, 7) is 0. The fourth-order valence-electron chi connectivity index (χ4n) is 4.16. The van der Waals surface area contributed by atoms with Crippen molar-refractivity contribution >= 4 is 15.9 Å². The highest BCUT2D eigenvalue weighted by molar-refractivity contribution is 9.09. The first-order valence-electron chi connectivity index (χ1n) is 7.74. The molecule has 0 aliphatic heterocycles. The van der Waals surface area contributed by atoms with E-state index in [1.165, 1.54) is 50.3 Å². The quantitative estimate of drug-likeness (QED) is 0.577. The van der Waals surface area contributed by atoms with Gasteiger partial charge in [0.25, 0.3) is 0 Å². The van der Waals surface area contributed by atoms with Gasteiger partial charge in [-0.25, -0.2) is 8.78 Å². The molecular formula is C17H21BrF2. The van der Waals surface area contributed by atoms with Crippen molar-refractivity contribution in [2.45, 2.75) is 49.8 Å². The third kappa shape index (κ3) is 2.93. The van der Waals surface area contributed by atoms with Crippen LogP contribution in [0.3, 0.4) is 0 Å². The molecule has 110 valence electrons. The molecule has 2 fully saturated rings. The summed E-state index contributed by atoms with van der Waals surface area (Å²) in [4.78, 5) is -0.0546. The molecule has 0 bridgehead atoms. The summed E-state index contributed by atoms with van der Waals surface area (Å²) in [5, 5.41) is 0. The Morgan fingerprint density at radius 1 is 1.00 bits per heavy atom. The van der Waals surface area contributed by atoms with Crippen molar-refractivity contribution in [1.82, 2.24) is 0 Å². The Morgan fingerprint density at radius 2 is 1.75 bits per heavy atom. The molecule has 0 amide bonds. The van der Waals surface area contributed by atoms with E-state index in [9.17, 15) is 8.78 Å². The average Bonchev–Trinajstić information content (AvgIpc) is 2.48. The number of alkyl halides is 1. The maximum atomic E-state index is 13.9. The van der Waals surface area contributed by atoms with Gasteiger partial charge in [-0.2, -0.15) is 0 Å². The van der Waals surface area contributed by atoms with Crippen LogP contribution in [0.25, 0.3) is 0 Å². The molecule has 4 unspecified atom stereocenters. The molecule has 0 radical (unpaired) electrons. The standard InChI is InChI=1S/C17H21BrF2/c18-17(15-10-14(19)7-8-16(15)20)13-6-5-11-3-1-2-4-12(11)9-13/h7-8,10-13,17H,1-6,9H2. The van der Waals surface area contributed by atoms with Crippen LogP contribution in [-0.2, 0) is 0 Å². The van der Waals surface area contributed by atoms with E-state index < -0.39 is 0 Å². The highest BCUT2D eigenvalue weighted by Gasteiger charge is 2.35. The Balaban J connectivity index is 1.74.